The predicted octanol–water partition coefficient (Wildman–Crippen LogP) is 2.39. The Morgan fingerprint density at radius 3 is 2.47 bits per heavy atom. The van der Waals surface area contributed by atoms with Crippen molar-refractivity contribution in [3.05, 3.63) is 23.8 Å². The Morgan fingerprint density at radius 2 is 1.89 bits per heavy atom. The maximum atomic E-state index is 5.75. The summed E-state index contributed by atoms with van der Waals surface area (Å²) in [6.45, 7) is 7.77. The van der Waals surface area contributed by atoms with Gasteiger partial charge in [0.25, 0.3) is 0 Å². The second-order valence-corrected chi connectivity index (χ2v) is 5.32. The molecule has 0 bridgehead atoms. The van der Waals surface area contributed by atoms with Crippen LogP contribution in [-0.2, 0) is 11.2 Å². The normalized spacial score (nSPS) is 11.4. The van der Waals surface area contributed by atoms with Gasteiger partial charge in [-0.15, -0.1) is 0 Å². The monoisotopic (exact) mass is 267 g/mol. The Kier molecular flexibility index (Phi) is 6.12. The van der Waals surface area contributed by atoms with Crippen molar-refractivity contribution < 1.29 is 14.2 Å². The summed E-state index contributed by atoms with van der Waals surface area (Å²) >= 11 is 0. The van der Waals surface area contributed by atoms with E-state index in [1.165, 1.54) is 0 Å². The smallest absolute Gasteiger partial charge is 0.122 e. The summed E-state index contributed by atoms with van der Waals surface area (Å²) in [6, 6.07) is 5.77. The summed E-state index contributed by atoms with van der Waals surface area (Å²) in [5, 5.41) is 0. The molecule has 0 saturated heterocycles. The van der Waals surface area contributed by atoms with E-state index in [1.54, 1.807) is 7.11 Å². The minimum absolute atomic E-state index is 0.136. The zero-order chi connectivity index (χ0) is 14.3. The van der Waals surface area contributed by atoms with E-state index in [0.717, 1.165) is 23.5 Å². The highest BCUT2D eigenvalue weighted by Gasteiger charge is 2.10. The number of methoxy groups -OCH3 is 1. The maximum Gasteiger partial charge on any atom is 0.122 e. The highest BCUT2D eigenvalue weighted by atomic mass is 16.5. The molecule has 0 amide bonds. The molecule has 0 spiro atoms. The van der Waals surface area contributed by atoms with Crippen molar-refractivity contribution in [2.75, 3.05) is 26.9 Å². The number of hydrogen-bond acceptors (Lipinski definition) is 4. The molecule has 0 aliphatic rings. The number of hydrogen-bond donors (Lipinski definition) is 1. The van der Waals surface area contributed by atoms with Crippen molar-refractivity contribution in [2.24, 2.45) is 5.73 Å². The third-order valence-corrected chi connectivity index (χ3v) is 2.56. The van der Waals surface area contributed by atoms with Crippen LogP contribution in [-0.4, -0.2) is 32.5 Å². The van der Waals surface area contributed by atoms with Gasteiger partial charge in [-0.05, 0) is 57.5 Å². The van der Waals surface area contributed by atoms with Crippen molar-refractivity contribution in [1.29, 1.82) is 0 Å². The number of rotatable bonds is 7. The quantitative estimate of drug-likeness (QED) is 0.771. The van der Waals surface area contributed by atoms with E-state index in [2.05, 4.69) is 0 Å². The highest BCUT2D eigenvalue weighted by Crippen LogP contribution is 2.24. The van der Waals surface area contributed by atoms with Gasteiger partial charge in [-0.3, -0.25) is 0 Å². The van der Waals surface area contributed by atoms with Crippen LogP contribution >= 0.6 is 0 Å². The summed E-state index contributed by atoms with van der Waals surface area (Å²) in [4.78, 5) is 0. The fourth-order valence-corrected chi connectivity index (χ4v) is 1.67. The van der Waals surface area contributed by atoms with Gasteiger partial charge < -0.3 is 19.9 Å². The van der Waals surface area contributed by atoms with Crippen molar-refractivity contribution in [3.8, 4) is 11.5 Å². The maximum absolute atomic E-state index is 5.75. The molecule has 0 radical (unpaired) electrons. The van der Waals surface area contributed by atoms with E-state index in [4.69, 9.17) is 19.9 Å². The first kappa shape index (κ1) is 15.8. The predicted molar refractivity (Wildman–Crippen MR) is 77.0 cm³/mol. The summed E-state index contributed by atoms with van der Waals surface area (Å²) < 4.78 is 16.6. The number of ether oxygens (including phenoxy) is 3. The lowest BCUT2D eigenvalue weighted by Gasteiger charge is -2.20. The van der Waals surface area contributed by atoms with E-state index in [9.17, 15) is 0 Å². The molecule has 108 valence electrons. The van der Waals surface area contributed by atoms with E-state index >= 15 is 0 Å². The average molecular weight is 267 g/mol. The third kappa shape index (κ3) is 5.94. The Labute approximate surface area is 115 Å². The SMILES string of the molecule is COc1ccc(OCCOC(C)(C)C)c(CCN)c1. The molecule has 1 aromatic rings. The Hall–Kier alpha value is -1.26. The summed E-state index contributed by atoms with van der Waals surface area (Å²) in [5.74, 6) is 1.67. The van der Waals surface area contributed by atoms with Gasteiger partial charge in [0.1, 0.15) is 18.1 Å². The van der Waals surface area contributed by atoms with Crippen LogP contribution in [0.5, 0.6) is 11.5 Å². The van der Waals surface area contributed by atoms with Crippen LogP contribution in [0.15, 0.2) is 18.2 Å². The molecule has 0 saturated carbocycles. The standard InChI is InChI=1S/C15H25NO3/c1-15(2,3)19-10-9-18-14-6-5-13(17-4)11-12(14)7-8-16/h5-6,11H,7-10,16H2,1-4H3. The Balaban J connectivity index is 2.56. The lowest BCUT2D eigenvalue weighted by atomic mass is 10.1. The van der Waals surface area contributed by atoms with Crippen molar-refractivity contribution in [3.63, 3.8) is 0 Å². The van der Waals surface area contributed by atoms with E-state index in [-0.39, 0.29) is 5.60 Å². The first-order valence-electron chi connectivity index (χ1n) is 6.60. The van der Waals surface area contributed by atoms with Crippen molar-refractivity contribution in [2.45, 2.75) is 32.8 Å². The zero-order valence-corrected chi connectivity index (χ0v) is 12.4. The molecule has 4 heteroatoms. The second-order valence-electron chi connectivity index (χ2n) is 5.32. The van der Waals surface area contributed by atoms with Gasteiger partial charge in [-0.1, -0.05) is 0 Å². The van der Waals surface area contributed by atoms with Crippen molar-refractivity contribution in [1.82, 2.24) is 0 Å². The molecule has 0 heterocycles. The molecule has 1 aromatic carbocycles. The molecule has 0 fully saturated rings. The first-order chi connectivity index (χ1) is 8.96. The highest BCUT2D eigenvalue weighted by molar-refractivity contribution is 5.40. The molecular weight excluding hydrogens is 242 g/mol. The molecular formula is C15H25NO3. The lowest BCUT2D eigenvalue weighted by molar-refractivity contribution is -0.0163. The second kappa shape index (κ2) is 7.36. The van der Waals surface area contributed by atoms with Gasteiger partial charge in [-0.2, -0.15) is 0 Å². The number of nitrogens with two attached hydrogens (primary N) is 1. The van der Waals surface area contributed by atoms with Crippen LogP contribution < -0.4 is 15.2 Å². The van der Waals surface area contributed by atoms with Crippen LogP contribution in [0.25, 0.3) is 0 Å². The van der Waals surface area contributed by atoms with Gasteiger partial charge >= 0.3 is 0 Å². The minimum Gasteiger partial charge on any atom is -0.497 e. The zero-order valence-electron chi connectivity index (χ0n) is 12.4. The van der Waals surface area contributed by atoms with Crippen LogP contribution in [0.4, 0.5) is 0 Å². The summed E-state index contributed by atoms with van der Waals surface area (Å²) in [7, 11) is 1.65. The van der Waals surface area contributed by atoms with E-state index < -0.39 is 0 Å². The molecule has 2 N–H and O–H groups in total. The van der Waals surface area contributed by atoms with Crippen LogP contribution in [0.2, 0.25) is 0 Å². The minimum atomic E-state index is -0.136. The van der Waals surface area contributed by atoms with Crippen molar-refractivity contribution >= 4 is 0 Å². The summed E-state index contributed by atoms with van der Waals surface area (Å²) in [5.41, 5.74) is 6.54. The number of benzene rings is 1. The largest absolute Gasteiger partial charge is 0.497 e. The molecule has 4 nitrogen and oxygen atoms in total. The van der Waals surface area contributed by atoms with Gasteiger partial charge in [0.05, 0.1) is 19.3 Å². The van der Waals surface area contributed by atoms with Gasteiger partial charge in [0, 0.05) is 0 Å². The molecule has 0 unspecified atom stereocenters. The van der Waals surface area contributed by atoms with E-state index in [0.29, 0.717) is 19.8 Å². The lowest BCUT2D eigenvalue weighted by Crippen LogP contribution is -2.22. The Bertz CT molecular complexity index is 385. The van der Waals surface area contributed by atoms with Gasteiger partial charge in [0.2, 0.25) is 0 Å². The van der Waals surface area contributed by atoms with E-state index in [1.807, 2.05) is 39.0 Å². The summed E-state index contributed by atoms with van der Waals surface area (Å²) in [6.07, 6.45) is 0.770. The topological polar surface area (TPSA) is 53.7 Å². The van der Waals surface area contributed by atoms with Crippen LogP contribution in [0, 0.1) is 0 Å². The molecule has 0 aromatic heterocycles. The van der Waals surface area contributed by atoms with Crippen LogP contribution in [0.3, 0.4) is 0 Å². The molecule has 1 rings (SSSR count). The first-order valence-corrected chi connectivity index (χ1v) is 6.60. The fourth-order valence-electron chi connectivity index (χ4n) is 1.67. The van der Waals surface area contributed by atoms with Crippen LogP contribution in [0.1, 0.15) is 26.3 Å². The Morgan fingerprint density at radius 1 is 1.16 bits per heavy atom. The van der Waals surface area contributed by atoms with Gasteiger partial charge in [-0.25, -0.2) is 0 Å². The molecule has 0 aliphatic carbocycles. The van der Waals surface area contributed by atoms with Gasteiger partial charge in [0.15, 0.2) is 0 Å². The average Bonchev–Trinajstić information content (AvgIpc) is 2.35. The molecule has 19 heavy (non-hydrogen) atoms. The molecule has 0 aliphatic heterocycles. The fraction of sp³-hybridized carbons (Fsp3) is 0.600. The third-order valence-electron chi connectivity index (χ3n) is 2.56. The molecule has 0 atom stereocenters.